The summed E-state index contributed by atoms with van der Waals surface area (Å²) in [5.41, 5.74) is 2.49. The Morgan fingerprint density at radius 1 is 1.00 bits per heavy atom. The van der Waals surface area contributed by atoms with E-state index in [1.807, 2.05) is 64.4 Å². The standard InChI is InChI=1S/C28H33N5O3/c34-25-14-7-16-31(25)18-8-15-29-27(35)22-11-6-17-32(20-22)26-28(36)33(19-21-9-2-1-3-10-21)24-13-5-4-12-23(24)30-26/h1-5,9-10,12-13,22H,6-8,11,14-20H2,(H,29,35)/t22-/m1/s1. The van der Waals surface area contributed by atoms with E-state index in [4.69, 9.17) is 4.98 Å². The number of piperidine rings is 1. The zero-order valence-electron chi connectivity index (χ0n) is 20.6. The number of hydrogen-bond acceptors (Lipinski definition) is 5. The molecule has 0 unspecified atom stereocenters. The first-order valence-corrected chi connectivity index (χ1v) is 12.9. The topological polar surface area (TPSA) is 87.5 Å². The summed E-state index contributed by atoms with van der Waals surface area (Å²) in [6.45, 7) is 3.71. The number of likely N-dealkylation sites (tertiary alicyclic amines) is 1. The lowest BCUT2D eigenvalue weighted by Gasteiger charge is -2.33. The molecule has 0 saturated carbocycles. The lowest BCUT2D eigenvalue weighted by molar-refractivity contribution is -0.127. The fourth-order valence-corrected chi connectivity index (χ4v) is 5.26. The molecule has 8 nitrogen and oxygen atoms in total. The Balaban J connectivity index is 1.29. The highest BCUT2D eigenvalue weighted by Crippen LogP contribution is 2.22. The second-order valence-corrected chi connectivity index (χ2v) is 9.72. The quantitative estimate of drug-likeness (QED) is 0.494. The Kier molecular flexibility index (Phi) is 7.30. The van der Waals surface area contributed by atoms with E-state index in [0.717, 1.165) is 48.8 Å². The van der Waals surface area contributed by atoms with E-state index in [-0.39, 0.29) is 23.3 Å². The molecule has 0 spiro atoms. The Hall–Kier alpha value is -3.68. The number of hydrogen-bond donors (Lipinski definition) is 1. The van der Waals surface area contributed by atoms with Gasteiger partial charge in [-0.1, -0.05) is 42.5 Å². The second kappa shape index (κ2) is 10.9. The van der Waals surface area contributed by atoms with Crippen LogP contribution in [0.5, 0.6) is 0 Å². The van der Waals surface area contributed by atoms with Crippen molar-refractivity contribution in [3.63, 3.8) is 0 Å². The summed E-state index contributed by atoms with van der Waals surface area (Å²) >= 11 is 0. The minimum atomic E-state index is -0.192. The lowest BCUT2D eigenvalue weighted by atomic mass is 9.97. The van der Waals surface area contributed by atoms with Crippen LogP contribution in [-0.2, 0) is 16.1 Å². The first kappa shape index (κ1) is 24.0. The van der Waals surface area contributed by atoms with Crippen molar-refractivity contribution in [1.29, 1.82) is 0 Å². The van der Waals surface area contributed by atoms with Gasteiger partial charge in [0.2, 0.25) is 11.8 Å². The molecular formula is C28H33N5O3. The van der Waals surface area contributed by atoms with Gasteiger partial charge in [-0.3, -0.25) is 19.0 Å². The Morgan fingerprint density at radius 3 is 2.61 bits per heavy atom. The number of nitrogens with zero attached hydrogens (tertiary/aromatic N) is 4. The van der Waals surface area contributed by atoms with E-state index in [1.54, 1.807) is 4.57 Å². The zero-order chi connectivity index (χ0) is 24.9. The number of benzene rings is 2. The fourth-order valence-electron chi connectivity index (χ4n) is 5.26. The number of anilines is 1. The van der Waals surface area contributed by atoms with E-state index in [2.05, 4.69) is 5.32 Å². The van der Waals surface area contributed by atoms with E-state index in [1.165, 1.54) is 0 Å². The number of nitrogens with one attached hydrogen (secondary N) is 1. The van der Waals surface area contributed by atoms with Gasteiger partial charge in [0, 0.05) is 39.1 Å². The highest BCUT2D eigenvalue weighted by Gasteiger charge is 2.28. The van der Waals surface area contributed by atoms with Crippen LogP contribution >= 0.6 is 0 Å². The van der Waals surface area contributed by atoms with Crippen molar-refractivity contribution in [2.45, 2.75) is 38.6 Å². The van der Waals surface area contributed by atoms with Crippen molar-refractivity contribution in [2.24, 2.45) is 5.92 Å². The first-order chi connectivity index (χ1) is 17.6. The zero-order valence-corrected chi connectivity index (χ0v) is 20.6. The number of rotatable bonds is 8. The number of para-hydroxylation sites is 2. The summed E-state index contributed by atoms with van der Waals surface area (Å²) < 4.78 is 1.79. The van der Waals surface area contributed by atoms with Gasteiger partial charge < -0.3 is 15.1 Å². The van der Waals surface area contributed by atoms with Crippen LogP contribution in [0.1, 0.15) is 37.7 Å². The highest BCUT2D eigenvalue weighted by atomic mass is 16.2. The maximum Gasteiger partial charge on any atom is 0.294 e. The van der Waals surface area contributed by atoms with Crippen LogP contribution in [-0.4, -0.2) is 59.0 Å². The van der Waals surface area contributed by atoms with Crippen molar-refractivity contribution in [3.8, 4) is 0 Å². The Labute approximate surface area is 210 Å². The number of amides is 2. The maximum atomic E-state index is 13.7. The fraction of sp³-hybridized carbons (Fsp3) is 0.429. The predicted molar refractivity (Wildman–Crippen MR) is 140 cm³/mol. The summed E-state index contributed by atoms with van der Waals surface area (Å²) in [5, 5.41) is 3.04. The molecular weight excluding hydrogens is 454 g/mol. The lowest BCUT2D eigenvalue weighted by Crippen LogP contribution is -2.46. The summed E-state index contributed by atoms with van der Waals surface area (Å²) in [6, 6.07) is 17.7. The van der Waals surface area contributed by atoms with E-state index in [0.29, 0.717) is 45.0 Å². The minimum Gasteiger partial charge on any atom is -0.356 e. The third kappa shape index (κ3) is 5.27. The highest BCUT2D eigenvalue weighted by molar-refractivity contribution is 5.80. The van der Waals surface area contributed by atoms with E-state index >= 15 is 0 Å². The van der Waals surface area contributed by atoms with Crippen molar-refractivity contribution in [2.75, 3.05) is 37.6 Å². The molecule has 2 saturated heterocycles. The Bertz CT molecular complexity index is 1290. The predicted octanol–water partition coefficient (Wildman–Crippen LogP) is 2.79. The van der Waals surface area contributed by atoms with Crippen LogP contribution in [0.25, 0.3) is 11.0 Å². The SMILES string of the molecule is O=C(NCCCN1CCCC1=O)[C@@H]1CCCN(c2nc3ccccc3n(Cc3ccccc3)c2=O)C1. The molecule has 1 atom stereocenters. The van der Waals surface area contributed by atoms with Crippen LogP contribution in [0.15, 0.2) is 59.4 Å². The average molecular weight is 488 g/mol. The third-order valence-corrected chi connectivity index (χ3v) is 7.19. The Morgan fingerprint density at radius 2 is 1.81 bits per heavy atom. The average Bonchev–Trinajstić information content (AvgIpc) is 3.33. The number of aromatic nitrogens is 2. The van der Waals surface area contributed by atoms with Crippen molar-refractivity contribution in [3.05, 3.63) is 70.5 Å². The maximum absolute atomic E-state index is 13.7. The molecule has 2 aliphatic heterocycles. The second-order valence-electron chi connectivity index (χ2n) is 9.72. The van der Waals surface area contributed by atoms with Gasteiger partial charge in [0.05, 0.1) is 23.5 Å². The monoisotopic (exact) mass is 487 g/mol. The van der Waals surface area contributed by atoms with Crippen molar-refractivity contribution >= 4 is 28.7 Å². The smallest absolute Gasteiger partial charge is 0.294 e. The number of fused-ring (bicyclic) bond motifs is 1. The summed E-state index contributed by atoms with van der Waals surface area (Å²) in [7, 11) is 0. The van der Waals surface area contributed by atoms with Gasteiger partial charge in [-0.25, -0.2) is 4.98 Å². The molecule has 0 radical (unpaired) electrons. The molecule has 2 aliphatic rings. The molecule has 188 valence electrons. The normalized spacial score (nSPS) is 18.1. The van der Waals surface area contributed by atoms with Gasteiger partial charge >= 0.3 is 0 Å². The molecule has 0 aliphatic carbocycles. The molecule has 1 N–H and O–H groups in total. The van der Waals surface area contributed by atoms with Gasteiger partial charge in [-0.2, -0.15) is 0 Å². The van der Waals surface area contributed by atoms with Crippen LogP contribution in [0.2, 0.25) is 0 Å². The van der Waals surface area contributed by atoms with Crippen LogP contribution < -0.4 is 15.8 Å². The molecule has 36 heavy (non-hydrogen) atoms. The summed E-state index contributed by atoms with van der Waals surface area (Å²) in [6.07, 6.45) is 3.94. The molecule has 5 rings (SSSR count). The molecule has 8 heteroatoms. The molecule has 3 aromatic rings. The van der Waals surface area contributed by atoms with Crippen LogP contribution in [0.3, 0.4) is 0 Å². The van der Waals surface area contributed by atoms with Gasteiger partial charge in [0.1, 0.15) is 0 Å². The third-order valence-electron chi connectivity index (χ3n) is 7.19. The van der Waals surface area contributed by atoms with Gasteiger partial charge in [-0.05, 0) is 43.4 Å². The largest absolute Gasteiger partial charge is 0.356 e. The van der Waals surface area contributed by atoms with Gasteiger partial charge in [-0.15, -0.1) is 0 Å². The number of carbonyl (C=O) groups excluding carboxylic acids is 2. The molecule has 2 aromatic carbocycles. The van der Waals surface area contributed by atoms with Crippen LogP contribution in [0.4, 0.5) is 5.82 Å². The van der Waals surface area contributed by atoms with Gasteiger partial charge in [0.15, 0.2) is 5.82 Å². The van der Waals surface area contributed by atoms with E-state index < -0.39 is 0 Å². The summed E-state index contributed by atoms with van der Waals surface area (Å²) in [4.78, 5) is 46.9. The first-order valence-electron chi connectivity index (χ1n) is 12.9. The van der Waals surface area contributed by atoms with Crippen molar-refractivity contribution < 1.29 is 9.59 Å². The number of carbonyl (C=O) groups is 2. The van der Waals surface area contributed by atoms with Crippen LogP contribution in [0, 0.1) is 5.92 Å². The molecule has 1 aromatic heterocycles. The van der Waals surface area contributed by atoms with Crippen molar-refractivity contribution in [1.82, 2.24) is 19.8 Å². The minimum absolute atomic E-state index is 0.0119. The molecule has 0 bridgehead atoms. The summed E-state index contributed by atoms with van der Waals surface area (Å²) in [5.74, 6) is 0.444. The molecule has 3 heterocycles. The van der Waals surface area contributed by atoms with E-state index in [9.17, 15) is 14.4 Å². The van der Waals surface area contributed by atoms with Gasteiger partial charge in [0.25, 0.3) is 5.56 Å². The molecule has 2 amide bonds. The molecule has 2 fully saturated rings.